The van der Waals surface area contributed by atoms with E-state index in [1.54, 1.807) is 12.1 Å². The largest absolute Gasteiger partial charge is 0.716 e. The molecule has 7 heteroatoms. The van der Waals surface area contributed by atoms with Gasteiger partial charge in [0.2, 0.25) is 0 Å². The second kappa shape index (κ2) is 6.88. The monoisotopic (exact) mass is 405 g/mol. The van der Waals surface area contributed by atoms with Gasteiger partial charge in [-0.1, -0.05) is 25.5 Å². The number of allylic oxidation sites excluding steroid dienone is 2. The Hall–Kier alpha value is -1.86. The zero-order valence-corrected chi connectivity index (χ0v) is 17.2. The molecule has 2 aliphatic carbocycles. The molecule has 6 atom stereocenters. The van der Waals surface area contributed by atoms with E-state index in [1.807, 2.05) is 0 Å². The van der Waals surface area contributed by atoms with E-state index in [2.05, 4.69) is 36.0 Å². The summed E-state index contributed by atoms with van der Waals surface area (Å²) in [5, 5.41) is 10.1. The fourth-order valence-corrected chi connectivity index (χ4v) is 6.07. The van der Waals surface area contributed by atoms with Crippen molar-refractivity contribution < 1.29 is 27.3 Å². The lowest BCUT2D eigenvalue weighted by Gasteiger charge is -2.48. The number of nitrogens with one attached hydrogen (secondary N) is 1. The molecule has 0 unspecified atom stereocenters. The van der Waals surface area contributed by atoms with Crippen LogP contribution in [0.4, 0.5) is 0 Å². The van der Waals surface area contributed by atoms with Gasteiger partial charge in [0.1, 0.15) is 18.0 Å². The molecule has 4 rings (SSSR count). The predicted molar refractivity (Wildman–Crippen MR) is 104 cm³/mol. The minimum atomic E-state index is -4.90. The summed E-state index contributed by atoms with van der Waals surface area (Å²) in [7, 11) is -4.90. The van der Waals surface area contributed by atoms with Crippen LogP contribution in [0, 0.1) is 29.6 Å². The van der Waals surface area contributed by atoms with E-state index in [0.29, 0.717) is 29.6 Å². The third-order valence-corrected chi connectivity index (χ3v) is 7.12. The highest BCUT2D eigenvalue weighted by molar-refractivity contribution is 7.81. The van der Waals surface area contributed by atoms with Crippen LogP contribution in [0.5, 0.6) is 11.5 Å². The molecule has 0 amide bonds. The predicted octanol–water partition coefficient (Wildman–Crippen LogP) is 1.72. The van der Waals surface area contributed by atoms with E-state index in [1.165, 1.54) is 17.7 Å². The number of hydrogen-bond acceptors (Lipinski definition) is 5. The number of hydrogen-bond donors (Lipinski definition) is 2. The highest BCUT2D eigenvalue weighted by atomic mass is 32.3. The molecule has 2 N–H and O–H groups in total. The summed E-state index contributed by atoms with van der Waals surface area (Å²) in [6.45, 7) is 7.63. The topological polar surface area (TPSA) is 101 Å². The van der Waals surface area contributed by atoms with Crippen molar-refractivity contribution in [1.82, 2.24) is 0 Å². The SMILES string of the molecule is CC1=C[C@H](c2cc(O)cc(OS(=O)(=O)[O-])c2)[C@H]2[C@H]3C(=[NH+]C[C@@H]2C)C[C@H](C)C[C@H]13. The Kier molecular flexibility index (Phi) is 4.78. The van der Waals surface area contributed by atoms with Crippen molar-refractivity contribution in [3.05, 3.63) is 35.4 Å². The van der Waals surface area contributed by atoms with Gasteiger partial charge in [-0.15, -0.1) is 0 Å². The summed E-state index contributed by atoms with van der Waals surface area (Å²) in [4.78, 5) is 3.67. The maximum absolute atomic E-state index is 11.0. The average Bonchev–Trinajstić information content (AvgIpc) is 2.57. The molecule has 1 aliphatic heterocycles. The lowest BCUT2D eigenvalue weighted by Crippen LogP contribution is -2.81. The summed E-state index contributed by atoms with van der Waals surface area (Å²) in [6, 6.07) is 4.38. The fraction of sp³-hybridized carbons (Fsp3) is 0.571. The maximum Gasteiger partial charge on any atom is 0.262 e. The summed E-state index contributed by atoms with van der Waals surface area (Å²) >= 11 is 0. The molecule has 6 nitrogen and oxygen atoms in total. The number of phenolic OH excluding ortho intramolecular Hbond substituents is 1. The molecule has 0 spiro atoms. The number of aromatic hydroxyl groups is 1. The van der Waals surface area contributed by atoms with Crippen LogP contribution in [0.3, 0.4) is 0 Å². The fourth-order valence-electron chi connectivity index (χ4n) is 5.74. The van der Waals surface area contributed by atoms with E-state index < -0.39 is 10.4 Å². The van der Waals surface area contributed by atoms with Gasteiger partial charge in [0.15, 0.2) is 5.71 Å². The summed E-state index contributed by atoms with van der Waals surface area (Å²) in [6.07, 6.45) is 4.54. The molecular formula is C21H27NO5S. The van der Waals surface area contributed by atoms with Crippen molar-refractivity contribution in [1.29, 1.82) is 0 Å². The summed E-state index contributed by atoms with van der Waals surface area (Å²) in [5.74, 6) is 2.18. The van der Waals surface area contributed by atoms with Crippen LogP contribution >= 0.6 is 0 Å². The van der Waals surface area contributed by atoms with Gasteiger partial charge >= 0.3 is 0 Å². The molecule has 1 aromatic carbocycles. The minimum Gasteiger partial charge on any atom is -0.716 e. The zero-order chi connectivity index (χ0) is 20.2. The maximum atomic E-state index is 11.0. The van der Waals surface area contributed by atoms with Gasteiger partial charge in [-0.05, 0) is 48.8 Å². The first-order valence-corrected chi connectivity index (χ1v) is 11.2. The molecule has 0 aromatic heterocycles. The quantitative estimate of drug-likeness (QED) is 0.453. The molecule has 1 heterocycles. The third-order valence-electron chi connectivity index (χ3n) is 6.72. The minimum absolute atomic E-state index is 0.0329. The molecule has 3 aliphatic rings. The number of phenols is 1. The molecule has 152 valence electrons. The van der Waals surface area contributed by atoms with Gasteiger partial charge in [-0.2, -0.15) is 0 Å². The summed E-state index contributed by atoms with van der Waals surface area (Å²) < 4.78 is 37.5. The van der Waals surface area contributed by atoms with E-state index in [9.17, 15) is 18.1 Å². The number of benzene rings is 1. The van der Waals surface area contributed by atoms with Crippen molar-refractivity contribution in [2.75, 3.05) is 6.54 Å². The zero-order valence-electron chi connectivity index (χ0n) is 16.4. The van der Waals surface area contributed by atoms with Crippen LogP contribution in [0.15, 0.2) is 29.8 Å². The first-order chi connectivity index (χ1) is 13.1. The van der Waals surface area contributed by atoms with E-state index >= 15 is 0 Å². The smallest absolute Gasteiger partial charge is 0.262 e. The van der Waals surface area contributed by atoms with Crippen LogP contribution in [0.25, 0.3) is 0 Å². The van der Waals surface area contributed by atoms with E-state index in [-0.39, 0.29) is 17.4 Å². The molecule has 0 saturated heterocycles. The standard InChI is InChI=1S/C21H27NO5S/c1-11-4-17-12(2)6-18(20-13(3)10-22-19(5-11)21(17)20)14-7-15(23)9-16(8-14)27-28(24,25)26/h6-9,11,13,17-18,20-21,23H,4-5,10H2,1-3H3,(H,24,25,26)/t11-,13+,17-,18-,20+,21-/m1/s1. The second-order valence-corrected chi connectivity index (χ2v) is 9.81. The van der Waals surface area contributed by atoms with Gasteiger partial charge < -0.3 is 13.8 Å². The van der Waals surface area contributed by atoms with Gasteiger partial charge in [0.25, 0.3) is 10.4 Å². The van der Waals surface area contributed by atoms with Gasteiger partial charge in [0, 0.05) is 30.2 Å². The van der Waals surface area contributed by atoms with Gasteiger partial charge in [0.05, 0.1) is 0 Å². The van der Waals surface area contributed by atoms with Crippen LogP contribution in [0.1, 0.15) is 45.1 Å². The number of rotatable bonds is 3. The second-order valence-electron chi connectivity index (χ2n) is 8.83. The Bertz CT molecular complexity index is 952. The molecule has 28 heavy (non-hydrogen) atoms. The first kappa shape index (κ1) is 19.5. The normalized spacial score (nSPS) is 34.9. The molecule has 1 aromatic rings. The highest BCUT2D eigenvalue weighted by Crippen LogP contribution is 2.52. The van der Waals surface area contributed by atoms with Crippen molar-refractivity contribution in [3.63, 3.8) is 0 Å². The first-order valence-electron chi connectivity index (χ1n) is 9.89. The molecule has 0 bridgehead atoms. The van der Waals surface area contributed by atoms with Crippen LogP contribution in [-0.4, -0.2) is 30.3 Å². The van der Waals surface area contributed by atoms with Crippen LogP contribution in [-0.2, 0) is 10.4 Å². The Morgan fingerprint density at radius 1 is 1.25 bits per heavy atom. The van der Waals surface area contributed by atoms with Gasteiger partial charge in [-0.25, -0.2) is 13.4 Å². The lowest BCUT2D eigenvalue weighted by atomic mass is 9.55. The van der Waals surface area contributed by atoms with E-state index in [0.717, 1.165) is 24.6 Å². The average molecular weight is 406 g/mol. The lowest BCUT2D eigenvalue weighted by molar-refractivity contribution is -0.482. The Morgan fingerprint density at radius 2 is 2.00 bits per heavy atom. The molecule has 1 saturated carbocycles. The van der Waals surface area contributed by atoms with Crippen LogP contribution < -0.4 is 9.18 Å². The van der Waals surface area contributed by atoms with Crippen molar-refractivity contribution in [2.24, 2.45) is 29.6 Å². The Balaban J connectivity index is 1.79. The summed E-state index contributed by atoms with van der Waals surface area (Å²) in [5.41, 5.74) is 3.56. The van der Waals surface area contributed by atoms with Crippen molar-refractivity contribution in [3.8, 4) is 11.5 Å². The third kappa shape index (κ3) is 3.57. The van der Waals surface area contributed by atoms with E-state index in [4.69, 9.17) is 0 Å². The molecule has 1 fully saturated rings. The van der Waals surface area contributed by atoms with Crippen molar-refractivity contribution >= 4 is 16.1 Å². The highest BCUT2D eigenvalue weighted by Gasteiger charge is 2.51. The van der Waals surface area contributed by atoms with Crippen LogP contribution in [0.2, 0.25) is 0 Å². The molecule has 0 radical (unpaired) electrons. The Labute approximate surface area is 166 Å². The van der Waals surface area contributed by atoms with Gasteiger partial charge in [-0.3, -0.25) is 0 Å². The van der Waals surface area contributed by atoms with Crippen molar-refractivity contribution in [2.45, 2.75) is 39.5 Å². The molecular weight excluding hydrogens is 378 g/mol. The Morgan fingerprint density at radius 3 is 2.71 bits per heavy atom.